The van der Waals surface area contributed by atoms with E-state index >= 15 is 0 Å². The number of rotatable bonds is 5. The number of nitriles is 1. The minimum atomic E-state index is -4.99. The third kappa shape index (κ3) is 4.20. The molecule has 32 heavy (non-hydrogen) atoms. The summed E-state index contributed by atoms with van der Waals surface area (Å²) in [5, 5.41) is 8.34. The van der Waals surface area contributed by atoms with Gasteiger partial charge in [-0.25, -0.2) is 0 Å². The van der Waals surface area contributed by atoms with E-state index in [4.69, 9.17) is 14.4 Å². The van der Waals surface area contributed by atoms with Crippen molar-refractivity contribution in [3.8, 4) is 11.8 Å². The molecule has 9 heteroatoms. The van der Waals surface area contributed by atoms with Crippen molar-refractivity contribution in [2.24, 2.45) is 0 Å². The lowest BCUT2D eigenvalue weighted by molar-refractivity contribution is -0.109. The maximum Gasteiger partial charge on any atom is 0.421 e. The van der Waals surface area contributed by atoms with Crippen LogP contribution in [-0.4, -0.2) is 26.5 Å². The molecule has 1 saturated carbocycles. The van der Waals surface area contributed by atoms with Gasteiger partial charge in [-0.05, 0) is 41.6 Å². The molecular formula is C23H22F5NO2Si. The van der Waals surface area contributed by atoms with Gasteiger partial charge in [0.2, 0.25) is 0 Å². The van der Waals surface area contributed by atoms with Gasteiger partial charge in [-0.1, -0.05) is 38.6 Å². The van der Waals surface area contributed by atoms with E-state index in [9.17, 15) is 22.0 Å². The third-order valence-electron chi connectivity index (χ3n) is 5.90. The standard InChI is InChI=1S/C23H22F5NO2Si/c1-21(2,3)32(4,5)31-20-18-16(22(20,24)25)9-10-17(19(18)23(26,27)28)30-15-8-6-7-14(13-15)11-12-29/h6-8,13,20H,11H2,1-5H3. The van der Waals surface area contributed by atoms with E-state index in [1.807, 2.05) is 26.8 Å². The topological polar surface area (TPSA) is 42.2 Å². The zero-order chi connectivity index (χ0) is 24.1. The Morgan fingerprint density at radius 3 is 2.38 bits per heavy atom. The van der Waals surface area contributed by atoms with Crippen molar-refractivity contribution in [2.75, 3.05) is 0 Å². The summed E-state index contributed by atoms with van der Waals surface area (Å²) in [5.41, 5.74) is 1.94. The molecule has 0 bridgehead atoms. The minimum Gasteiger partial charge on any atom is -0.448 e. The summed E-state index contributed by atoms with van der Waals surface area (Å²) in [6, 6.07) is 7.91. The lowest BCUT2D eigenvalue weighted by Gasteiger charge is -2.48. The molecular weight excluding hydrogens is 445 g/mol. The average Bonchev–Trinajstić information content (AvgIpc) is 2.64. The molecule has 170 valence electrons. The van der Waals surface area contributed by atoms with Crippen molar-refractivity contribution < 1.29 is 31.1 Å². The van der Waals surface area contributed by atoms with Gasteiger partial charge < -0.3 is 9.16 Å². The fourth-order valence-electron chi connectivity index (χ4n) is 3.15. The SMILES string of the molecule is CC(C)(C)[Si](C)(C)OC1C2=C(C(F)(F)F)C(Oc3cccc(CC#N)c3)=C=C=C2C1(F)F. The Bertz CT molecular complexity index is 1120. The van der Waals surface area contributed by atoms with Crippen LogP contribution in [0, 0.1) is 11.3 Å². The number of alkyl halides is 5. The van der Waals surface area contributed by atoms with E-state index in [1.165, 1.54) is 18.2 Å². The lowest BCUT2D eigenvalue weighted by atomic mass is 9.74. The molecule has 2 aliphatic carbocycles. The zero-order valence-electron chi connectivity index (χ0n) is 18.2. The highest BCUT2D eigenvalue weighted by Crippen LogP contribution is 2.56. The molecule has 0 heterocycles. The second-order valence-corrected chi connectivity index (χ2v) is 14.0. The second-order valence-electron chi connectivity index (χ2n) is 9.21. The largest absolute Gasteiger partial charge is 0.448 e. The molecule has 1 atom stereocenters. The Hall–Kier alpha value is -2.62. The van der Waals surface area contributed by atoms with Gasteiger partial charge >= 0.3 is 12.1 Å². The van der Waals surface area contributed by atoms with Crippen molar-refractivity contribution in [3.05, 3.63) is 63.8 Å². The van der Waals surface area contributed by atoms with Crippen LogP contribution in [0.3, 0.4) is 0 Å². The molecule has 0 amide bonds. The fraction of sp³-hybridized carbons (Fsp3) is 0.435. The molecule has 2 aliphatic rings. The van der Waals surface area contributed by atoms with Crippen LogP contribution in [0.15, 0.2) is 58.2 Å². The Balaban J connectivity index is 2.09. The first-order valence-electron chi connectivity index (χ1n) is 9.87. The quantitative estimate of drug-likeness (QED) is 0.278. The molecule has 3 nitrogen and oxygen atoms in total. The van der Waals surface area contributed by atoms with Crippen LogP contribution in [-0.2, 0) is 10.8 Å². The van der Waals surface area contributed by atoms with Crippen LogP contribution in [0.25, 0.3) is 0 Å². The van der Waals surface area contributed by atoms with E-state index in [1.54, 1.807) is 19.2 Å². The summed E-state index contributed by atoms with van der Waals surface area (Å²) >= 11 is 0. The molecule has 1 aromatic rings. The summed E-state index contributed by atoms with van der Waals surface area (Å²) in [6.45, 7) is 8.84. The summed E-state index contributed by atoms with van der Waals surface area (Å²) in [5.74, 6) is -4.35. The number of hydrogen-bond acceptors (Lipinski definition) is 3. The molecule has 0 N–H and O–H groups in total. The molecule has 1 fully saturated rings. The third-order valence-corrected chi connectivity index (χ3v) is 10.3. The van der Waals surface area contributed by atoms with Crippen molar-refractivity contribution in [2.45, 2.75) is 63.5 Å². The summed E-state index contributed by atoms with van der Waals surface area (Å²) in [4.78, 5) is 0. The average molecular weight is 468 g/mol. The maximum atomic E-state index is 14.8. The first kappa shape index (κ1) is 24.0. The molecule has 0 aliphatic heterocycles. The number of allylic oxidation sites excluding steroid dienone is 1. The maximum absolute atomic E-state index is 14.8. The Morgan fingerprint density at radius 1 is 1.16 bits per heavy atom. The van der Waals surface area contributed by atoms with Crippen LogP contribution in [0.5, 0.6) is 5.75 Å². The van der Waals surface area contributed by atoms with Gasteiger partial charge in [0.25, 0.3) is 0 Å². The first-order chi connectivity index (χ1) is 14.6. The molecule has 1 unspecified atom stereocenters. The molecule has 0 saturated heterocycles. The van der Waals surface area contributed by atoms with Gasteiger partial charge in [0, 0.05) is 5.57 Å². The minimum absolute atomic E-state index is 0.0285. The van der Waals surface area contributed by atoms with Crippen molar-refractivity contribution in [3.63, 3.8) is 0 Å². The van der Waals surface area contributed by atoms with Crippen LogP contribution in [0.4, 0.5) is 22.0 Å². The van der Waals surface area contributed by atoms with Crippen LogP contribution in [0.2, 0.25) is 18.1 Å². The number of benzene rings is 1. The van der Waals surface area contributed by atoms with Gasteiger partial charge in [0.05, 0.1) is 18.1 Å². The number of fused-ring (bicyclic) bond motifs is 1. The highest BCUT2D eigenvalue weighted by atomic mass is 28.4. The highest BCUT2D eigenvalue weighted by molar-refractivity contribution is 6.74. The van der Waals surface area contributed by atoms with Crippen molar-refractivity contribution in [1.29, 1.82) is 5.26 Å². The van der Waals surface area contributed by atoms with Gasteiger partial charge in [-0.15, -0.1) is 0 Å². The smallest absolute Gasteiger partial charge is 0.421 e. The monoisotopic (exact) mass is 467 g/mol. The van der Waals surface area contributed by atoms with E-state index in [-0.39, 0.29) is 12.2 Å². The normalized spacial score (nSPS) is 20.1. The molecule has 0 aromatic heterocycles. The number of nitrogens with zero attached hydrogens (tertiary/aromatic N) is 1. The van der Waals surface area contributed by atoms with Gasteiger partial charge in [-0.3, -0.25) is 0 Å². The Kier molecular flexibility index (Phi) is 5.82. The molecule has 3 rings (SSSR count). The van der Waals surface area contributed by atoms with Crippen LogP contribution >= 0.6 is 0 Å². The summed E-state index contributed by atoms with van der Waals surface area (Å²) in [6.07, 6.45) is -6.99. The second kappa shape index (κ2) is 7.75. The highest BCUT2D eigenvalue weighted by Gasteiger charge is 2.65. The van der Waals surface area contributed by atoms with Crippen molar-refractivity contribution in [1.82, 2.24) is 0 Å². The van der Waals surface area contributed by atoms with E-state index in [0.29, 0.717) is 5.56 Å². The van der Waals surface area contributed by atoms with Gasteiger partial charge in [0.1, 0.15) is 17.4 Å². The van der Waals surface area contributed by atoms with Crippen LogP contribution in [0.1, 0.15) is 26.3 Å². The number of ether oxygens (including phenoxy) is 1. The summed E-state index contributed by atoms with van der Waals surface area (Å²) < 4.78 is 82.9. The molecule has 1 aromatic carbocycles. The van der Waals surface area contributed by atoms with E-state index in [0.717, 1.165) is 0 Å². The Labute approximate surface area is 184 Å². The van der Waals surface area contributed by atoms with Gasteiger partial charge in [0.15, 0.2) is 14.1 Å². The Morgan fingerprint density at radius 2 is 1.81 bits per heavy atom. The van der Waals surface area contributed by atoms with E-state index < -0.39 is 54.0 Å². The van der Waals surface area contributed by atoms with Crippen LogP contribution < -0.4 is 4.74 Å². The fourth-order valence-corrected chi connectivity index (χ4v) is 4.36. The predicted octanol–water partition coefficient (Wildman–Crippen LogP) is 6.61. The number of halogens is 5. The van der Waals surface area contributed by atoms with Gasteiger partial charge in [-0.2, -0.15) is 27.2 Å². The first-order valence-corrected chi connectivity index (χ1v) is 12.8. The van der Waals surface area contributed by atoms with Crippen molar-refractivity contribution >= 4 is 8.32 Å². The molecule has 0 radical (unpaired) electrons. The predicted molar refractivity (Wildman–Crippen MR) is 111 cm³/mol. The number of hydrogen-bond donors (Lipinski definition) is 0. The summed E-state index contributed by atoms with van der Waals surface area (Å²) in [7, 11) is -2.83. The molecule has 0 spiro atoms. The van der Waals surface area contributed by atoms with E-state index in [2.05, 4.69) is 11.5 Å². The zero-order valence-corrected chi connectivity index (χ0v) is 19.2. The lowest BCUT2D eigenvalue weighted by Crippen LogP contribution is -2.58.